The second-order valence-corrected chi connectivity index (χ2v) is 7.60. The Morgan fingerprint density at radius 3 is 2.00 bits per heavy atom. The van der Waals surface area contributed by atoms with Crippen LogP contribution in [0, 0.1) is 23.2 Å². The molecule has 2 aliphatic rings. The van der Waals surface area contributed by atoms with Gasteiger partial charge in [0, 0.05) is 0 Å². The molecular formula is C16H30. The van der Waals surface area contributed by atoms with Gasteiger partial charge in [0.15, 0.2) is 0 Å². The summed E-state index contributed by atoms with van der Waals surface area (Å²) in [5.74, 6) is 3.24. The van der Waals surface area contributed by atoms with E-state index in [4.69, 9.17) is 0 Å². The standard InChI is InChI=1S/C16H30/c1-16(2,3)12-15(11-13-7-6-8-13)14-9-4-5-10-14/h13-15H,4-12H2,1-3H3. The van der Waals surface area contributed by atoms with E-state index in [2.05, 4.69) is 20.8 Å². The van der Waals surface area contributed by atoms with Crippen molar-refractivity contribution in [3.8, 4) is 0 Å². The van der Waals surface area contributed by atoms with Crippen LogP contribution >= 0.6 is 0 Å². The number of hydrogen-bond acceptors (Lipinski definition) is 0. The van der Waals surface area contributed by atoms with Gasteiger partial charge in [0.05, 0.1) is 0 Å². The van der Waals surface area contributed by atoms with Crippen LogP contribution in [-0.4, -0.2) is 0 Å². The minimum Gasteiger partial charge on any atom is -0.0602 e. The first-order valence-corrected chi connectivity index (χ1v) is 7.54. The van der Waals surface area contributed by atoms with Gasteiger partial charge in [-0.15, -0.1) is 0 Å². The van der Waals surface area contributed by atoms with E-state index in [0.29, 0.717) is 5.41 Å². The predicted molar refractivity (Wildman–Crippen MR) is 71.5 cm³/mol. The highest BCUT2D eigenvalue weighted by Crippen LogP contribution is 2.44. The molecule has 0 saturated heterocycles. The molecule has 0 N–H and O–H groups in total. The van der Waals surface area contributed by atoms with Crippen molar-refractivity contribution in [1.29, 1.82) is 0 Å². The summed E-state index contributed by atoms with van der Waals surface area (Å²) in [7, 11) is 0. The SMILES string of the molecule is CC(C)(C)CC(CC1CCC1)C1CCCC1. The molecule has 0 nitrogen and oxygen atoms in total. The third-order valence-corrected chi connectivity index (χ3v) is 4.80. The molecular weight excluding hydrogens is 192 g/mol. The minimum absolute atomic E-state index is 0.539. The van der Waals surface area contributed by atoms with Gasteiger partial charge in [-0.3, -0.25) is 0 Å². The van der Waals surface area contributed by atoms with Crippen LogP contribution in [0.25, 0.3) is 0 Å². The molecule has 0 aliphatic heterocycles. The van der Waals surface area contributed by atoms with Crippen molar-refractivity contribution in [2.75, 3.05) is 0 Å². The van der Waals surface area contributed by atoms with E-state index in [9.17, 15) is 0 Å². The maximum absolute atomic E-state index is 2.43. The molecule has 0 aromatic heterocycles. The van der Waals surface area contributed by atoms with Crippen LogP contribution in [0.15, 0.2) is 0 Å². The van der Waals surface area contributed by atoms with Crippen molar-refractivity contribution in [3.05, 3.63) is 0 Å². The lowest BCUT2D eigenvalue weighted by molar-refractivity contribution is 0.155. The summed E-state index contributed by atoms with van der Waals surface area (Å²) in [5, 5.41) is 0. The first kappa shape index (κ1) is 12.5. The van der Waals surface area contributed by atoms with Gasteiger partial charge in [0.2, 0.25) is 0 Å². The molecule has 2 saturated carbocycles. The van der Waals surface area contributed by atoms with Crippen molar-refractivity contribution in [2.45, 2.75) is 78.6 Å². The maximum atomic E-state index is 2.43. The monoisotopic (exact) mass is 222 g/mol. The Balaban J connectivity index is 1.88. The normalized spacial score (nSPS) is 25.7. The van der Waals surface area contributed by atoms with Crippen LogP contribution in [-0.2, 0) is 0 Å². The van der Waals surface area contributed by atoms with Crippen molar-refractivity contribution >= 4 is 0 Å². The van der Waals surface area contributed by atoms with Crippen molar-refractivity contribution in [2.24, 2.45) is 23.2 Å². The summed E-state index contributed by atoms with van der Waals surface area (Å²) in [4.78, 5) is 0. The van der Waals surface area contributed by atoms with Crippen LogP contribution in [0.2, 0.25) is 0 Å². The summed E-state index contributed by atoms with van der Waals surface area (Å²) in [5.41, 5.74) is 0.539. The Bertz CT molecular complexity index is 201. The third kappa shape index (κ3) is 3.50. The fourth-order valence-electron chi connectivity index (χ4n) is 3.81. The molecule has 0 radical (unpaired) electrons. The van der Waals surface area contributed by atoms with E-state index >= 15 is 0 Å². The molecule has 16 heavy (non-hydrogen) atoms. The zero-order valence-electron chi connectivity index (χ0n) is 11.6. The van der Waals surface area contributed by atoms with Gasteiger partial charge in [-0.25, -0.2) is 0 Å². The Morgan fingerprint density at radius 1 is 0.938 bits per heavy atom. The van der Waals surface area contributed by atoms with E-state index in [0.717, 1.165) is 17.8 Å². The van der Waals surface area contributed by atoms with E-state index in [1.165, 1.54) is 51.4 Å². The summed E-state index contributed by atoms with van der Waals surface area (Å²) >= 11 is 0. The Kier molecular flexibility index (Phi) is 3.97. The quantitative estimate of drug-likeness (QED) is 0.596. The molecule has 0 spiro atoms. The smallest absolute Gasteiger partial charge is 0.0378 e. The van der Waals surface area contributed by atoms with Crippen molar-refractivity contribution in [1.82, 2.24) is 0 Å². The van der Waals surface area contributed by atoms with Crippen LogP contribution in [0.1, 0.15) is 78.6 Å². The molecule has 94 valence electrons. The number of rotatable bonds is 4. The fraction of sp³-hybridized carbons (Fsp3) is 1.00. The molecule has 0 amide bonds. The topological polar surface area (TPSA) is 0 Å². The van der Waals surface area contributed by atoms with Crippen molar-refractivity contribution in [3.63, 3.8) is 0 Å². The lowest BCUT2D eigenvalue weighted by atomic mass is 9.70. The van der Waals surface area contributed by atoms with Gasteiger partial charge in [0.25, 0.3) is 0 Å². The highest BCUT2D eigenvalue weighted by Gasteiger charge is 2.31. The van der Waals surface area contributed by atoms with E-state index in [-0.39, 0.29) is 0 Å². The minimum atomic E-state index is 0.539. The third-order valence-electron chi connectivity index (χ3n) is 4.80. The molecule has 0 aromatic carbocycles. The van der Waals surface area contributed by atoms with Crippen LogP contribution in [0.4, 0.5) is 0 Å². The van der Waals surface area contributed by atoms with E-state index < -0.39 is 0 Å². The molecule has 2 rings (SSSR count). The van der Waals surface area contributed by atoms with Gasteiger partial charge >= 0.3 is 0 Å². The molecule has 0 bridgehead atoms. The van der Waals surface area contributed by atoms with Gasteiger partial charge in [-0.2, -0.15) is 0 Å². The molecule has 0 aromatic rings. The maximum Gasteiger partial charge on any atom is -0.0378 e. The van der Waals surface area contributed by atoms with Gasteiger partial charge < -0.3 is 0 Å². The molecule has 2 fully saturated rings. The predicted octanol–water partition coefficient (Wildman–Crippen LogP) is 5.42. The molecule has 1 unspecified atom stereocenters. The molecule has 1 atom stereocenters. The van der Waals surface area contributed by atoms with E-state index in [1.807, 2.05) is 0 Å². The average molecular weight is 222 g/mol. The Labute approximate surface area is 102 Å². The van der Waals surface area contributed by atoms with Crippen LogP contribution in [0.5, 0.6) is 0 Å². The first-order chi connectivity index (χ1) is 7.54. The average Bonchev–Trinajstić information content (AvgIpc) is 2.59. The zero-order valence-corrected chi connectivity index (χ0v) is 11.6. The van der Waals surface area contributed by atoms with Crippen LogP contribution in [0.3, 0.4) is 0 Å². The highest BCUT2D eigenvalue weighted by atomic mass is 14.4. The lowest BCUT2D eigenvalue weighted by Gasteiger charge is -2.36. The summed E-state index contributed by atoms with van der Waals surface area (Å²) in [6.07, 6.45) is 13.7. The Morgan fingerprint density at radius 2 is 1.56 bits per heavy atom. The molecule has 2 aliphatic carbocycles. The van der Waals surface area contributed by atoms with E-state index in [1.54, 1.807) is 6.42 Å². The summed E-state index contributed by atoms with van der Waals surface area (Å²) < 4.78 is 0. The van der Waals surface area contributed by atoms with Gasteiger partial charge in [0.1, 0.15) is 0 Å². The van der Waals surface area contributed by atoms with Crippen LogP contribution < -0.4 is 0 Å². The lowest BCUT2D eigenvalue weighted by Crippen LogP contribution is -2.24. The Hall–Kier alpha value is 0. The van der Waals surface area contributed by atoms with Gasteiger partial charge in [-0.05, 0) is 36.0 Å². The second-order valence-electron chi connectivity index (χ2n) is 7.60. The second kappa shape index (κ2) is 5.10. The first-order valence-electron chi connectivity index (χ1n) is 7.54. The summed E-state index contributed by atoms with van der Waals surface area (Å²) in [6.45, 7) is 7.28. The molecule has 0 heteroatoms. The summed E-state index contributed by atoms with van der Waals surface area (Å²) in [6, 6.07) is 0. The fourth-order valence-corrected chi connectivity index (χ4v) is 3.81. The zero-order chi connectivity index (χ0) is 11.6. The number of hydrogen-bond donors (Lipinski definition) is 0. The molecule has 0 heterocycles. The highest BCUT2D eigenvalue weighted by molar-refractivity contribution is 4.83. The van der Waals surface area contributed by atoms with Gasteiger partial charge in [-0.1, -0.05) is 65.7 Å². The largest absolute Gasteiger partial charge is 0.0602 e. The van der Waals surface area contributed by atoms with Crippen molar-refractivity contribution < 1.29 is 0 Å².